The zero-order valence-electron chi connectivity index (χ0n) is 23.6. The van der Waals surface area contributed by atoms with Gasteiger partial charge in [0, 0.05) is 67.4 Å². The van der Waals surface area contributed by atoms with Gasteiger partial charge in [-0.1, -0.05) is 61.5 Å². The molecule has 5 aromatic rings. The third kappa shape index (κ3) is 5.39. The van der Waals surface area contributed by atoms with E-state index in [1.165, 1.54) is 6.42 Å². The van der Waals surface area contributed by atoms with Crippen LogP contribution in [-0.4, -0.2) is 68.5 Å². The number of likely N-dealkylation sites (tertiary alicyclic amines) is 1. The van der Waals surface area contributed by atoms with Gasteiger partial charge in [0.15, 0.2) is 4.96 Å². The van der Waals surface area contributed by atoms with Crippen LogP contribution in [0.2, 0.25) is 0 Å². The summed E-state index contributed by atoms with van der Waals surface area (Å²) in [6.07, 6.45) is 3.93. The highest BCUT2D eigenvalue weighted by Gasteiger charge is 2.37. The van der Waals surface area contributed by atoms with Gasteiger partial charge in [0.05, 0.1) is 23.3 Å². The topological polar surface area (TPSA) is 97.8 Å². The fraction of sp³-hybridized carbons (Fsp3) is 0.419. The van der Waals surface area contributed by atoms with Gasteiger partial charge in [-0.05, 0) is 18.1 Å². The third-order valence-electron chi connectivity index (χ3n) is 8.06. The number of thiazole rings is 1. The summed E-state index contributed by atoms with van der Waals surface area (Å²) in [5, 5.41) is 7.61. The van der Waals surface area contributed by atoms with Gasteiger partial charge in [0.2, 0.25) is 5.88 Å². The number of imidazole rings is 1. The fourth-order valence-electron chi connectivity index (χ4n) is 5.81. The lowest BCUT2D eigenvalue weighted by atomic mass is 9.93. The minimum Gasteiger partial charge on any atom is -0.476 e. The van der Waals surface area contributed by atoms with Crippen LogP contribution in [0.25, 0.3) is 26.6 Å². The van der Waals surface area contributed by atoms with Crippen LogP contribution >= 0.6 is 11.3 Å². The highest BCUT2D eigenvalue weighted by molar-refractivity contribution is 7.23. The molecule has 2 aliphatic rings. The molecule has 0 spiro atoms. The van der Waals surface area contributed by atoms with E-state index in [4.69, 9.17) is 19.2 Å². The number of carbonyl (C=O) groups is 1. The van der Waals surface area contributed by atoms with E-state index >= 15 is 0 Å². The number of fused-ring (bicyclic) bond motifs is 5. The van der Waals surface area contributed by atoms with E-state index in [9.17, 15) is 4.79 Å². The van der Waals surface area contributed by atoms with Crippen molar-refractivity contribution in [2.45, 2.75) is 57.5 Å². The van der Waals surface area contributed by atoms with E-state index in [1.54, 1.807) is 11.3 Å². The first-order valence-electron chi connectivity index (χ1n) is 14.2. The number of nitrogens with zero attached hydrogens (tertiary/aromatic N) is 5. The van der Waals surface area contributed by atoms with Crippen LogP contribution in [0.1, 0.15) is 44.2 Å². The molecule has 0 saturated carbocycles. The predicted molar refractivity (Wildman–Crippen MR) is 159 cm³/mol. The van der Waals surface area contributed by atoms with Crippen molar-refractivity contribution >= 4 is 32.4 Å². The molecule has 2 saturated heterocycles. The Morgan fingerprint density at radius 2 is 2.00 bits per heavy atom. The highest BCUT2D eigenvalue weighted by atomic mass is 32.1. The van der Waals surface area contributed by atoms with E-state index in [0.717, 1.165) is 57.5 Å². The second-order valence-electron chi connectivity index (χ2n) is 12.2. The van der Waals surface area contributed by atoms with Crippen molar-refractivity contribution in [1.82, 2.24) is 29.7 Å². The van der Waals surface area contributed by atoms with E-state index in [0.29, 0.717) is 36.7 Å². The molecule has 6 heterocycles. The van der Waals surface area contributed by atoms with Crippen LogP contribution in [0.3, 0.4) is 0 Å². The number of carbonyl (C=O) groups excluding carboxylic acids is 1. The lowest BCUT2D eigenvalue weighted by Gasteiger charge is -2.26. The van der Waals surface area contributed by atoms with Crippen LogP contribution in [-0.2, 0) is 23.1 Å². The number of hydrogen-bond donors (Lipinski definition) is 1. The maximum atomic E-state index is 12.7. The predicted octanol–water partition coefficient (Wildman–Crippen LogP) is 4.68. The third-order valence-corrected chi connectivity index (χ3v) is 9.03. The number of Topliss-reactive ketones (excluding diaryl/α,β-unsaturated/α-hetero) is 1. The number of piperazine rings is 1. The zero-order chi connectivity index (χ0) is 28.1. The lowest BCUT2D eigenvalue weighted by molar-refractivity contribution is -0.117. The summed E-state index contributed by atoms with van der Waals surface area (Å²) in [5.74, 6) is 1.56. The van der Waals surface area contributed by atoms with Crippen molar-refractivity contribution in [2.75, 3.05) is 26.2 Å². The Bertz CT molecular complexity index is 1710. The number of benzene rings is 1. The highest BCUT2D eigenvalue weighted by Crippen LogP contribution is 2.30. The van der Waals surface area contributed by atoms with Gasteiger partial charge in [0.1, 0.15) is 23.0 Å². The van der Waals surface area contributed by atoms with Crippen molar-refractivity contribution in [2.24, 2.45) is 0 Å². The Kier molecular flexibility index (Phi) is 6.64. The zero-order valence-corrected chi connectivity index (χ0v) is 24.4. The molecule has 2 fully saturated rings. The maximum Gasteiger partial charge on any atom is 0.214 e. The molecule has 9 nitrogen and oxygen atoms in total. The average molecular weight is 571 g/mol. The average Bonchev–Trinajstić information content (AvgIpc) is 3.75. The summed E-state index contributed by atoms with van der Waals surface area (Å²) < 4.78 is 13.5. The second kappa shape index (κ2) is 10.3. The maximum absolute atomic E-state index is 12.7. The molecule has 1 aromatic carbocycles. The normalized spacial score (nSPS) is 19.1. The monoisotopic (exact) mass is 570 g/mol. The summed E-state index contributed by atoms with van der Waals surface area (Å²) in [4.78, 5) is 26.6. The summed E-state index contributed by atoms with van der Waals surface area (Å²) in [5.41, 5.74) is 4.44. The largest absolute Gasteiger partial charge is 0.476 e. The van der Waals surface area contributed by atoms with Gasteiger partial charge >= 0.3 is 0 Å². The molecular formula is C31H34N6O3S. The molecule has 212 valence electrons. The number of hydrogen-bond acceptors (Lipinski definition) is 9. The fourth-order valence-corrected chi connectivity index (χ4v) is 6.78. The number of ether oxygens (including phenoxy) is 1. The molecule has 0 aliphatic carbocycles. The van der Waals surface area contributed by atoms with Crippen LogP contribution in [0.4, 0.5) is 0 Å². The van der Waals surface area contributed by atoms with Gasteiger partial charge in [-0.25, -0.2) is 9.97 Å². The first kappa shape index (κ1) is 26.3. The van der Waals surface area contributed by atoms with E-state index in [-0.39, 0.29) is 17.6 Å². The van der Waals surface area contributed by atoms with Crippen LogP contribution < -0.4 is 10.1 Å². The minimum absolute atomic E-state index is 0.108. The van der Waals surface area contributed by atoms with Gasteiger partial charge in [-0.2, -0.15) is 0 Å². The molecule has 0 unspecified atom stereocenters. The molecule has 0 radical (unpaired) electrons. The first-order valence-corrected chi connectivity index (χ1v) is 15.1. The first-order chi connectivity index (χ1) is 19.8. The van der Waals surface area contributed by atoms with E-state index in [1.807, 2.05) is 42.6 Å². The molecule has 2 aliphatic heterocycles. The molecule has 7 rings (SSSR count). The molecular weight excluding hydrogens is 536 g/mol. The lowest BCUT2D eigenvalue weighted by Crippen LogP contribution is -2.45. The standard InChI is InChI=1S/C31H34N6O3S/c1-31(2,3)27-15-21(35-40-27)14-24(38)12-19-4-6-20(7-5-19)25-18-37-26-8-9-28(34-29(26)41-30(37)33-25)39-11-10-36-17-22-13-23(36)16-32-22/h4-9,15,18,22-23,32H,10-14,16-17H2,1-3H3/t22-,23-/m0/s1. The summed E-state index contributed by atoms with van der Waals surface area (Å²) in [7, 11) is 0. The van der Waals surface area contributed by atoms with E-state index in [2.05, 4.69) is 46.6 Å². The number of aromatic nitrogens is 4. The Hall–Kier alpha value is -3.60. The molecule has 1 N–H and O–H groups in total. The van der Waals surface area contributed by atoms with Gasteiger partial charge in [0.25, 0.3) is 0 Å². The van der Waals surface area contributed by atoms with Crippen LogP contribution in [0.5, 0.6) is 5.88 Å². The molecule has 0 amide bonds. The van der Waals surface area contributed by atoms with Gasteiger partial charge in [-0.15, -0.1) is 0 Å². The molecule has 10 heteroatoms. The smallest absolute Gasteiger partial charge is 0.214 e. The Labute approximate surface area is 242 Å². The second-order valence-corrected chi connectivity index (χ2v) is 13.2. The molecule has 2 atom stereocenters. The summed E-state index contributed by atoms with van der Waals surface area (Å²) in [6, 6.07) is 15.2. The van der Waals surface area contributed by atoms with Crippen LogP contribution in [0, 0.1) is 0 Å². The van der Waals surface area contributed by atoms with Crippen molar-refractivity contribution in [3.05, 3.63) is 65.7 Å². The molecule has 4 aromatic heterocycles. The Morgan fingerprint density at radius 1 is 1.15 bits per heavy atom. The van der Waals surface area contributed by atoms with Crippen molar-refractivity contribution in [3.63, 3.8) is 0 Å². The number of rotatable bonds is 9. The van der Waals surface area contributed by atoms with E-state index < -0.39 is 0 Å². The summed E-state index contributed by atoms with van der Waals surface area (Å²) >= 11 is 1.56. The Morgan fingerprint density at radius 3 is 2.73 bits per heavy atom. The van der Waals surface area contributed by atoms with Crippen LogP contribution in [0.15, 0.2) is 53.2 Å². The Balaban J connectivity index is 0.978. The summed E-state index contributed by atoms with van der Waals surface area (Å²) in [6.45, 7) is 9.99. The number of nitrogens with one attached hydrogen (secondary N) is 1. The quantitative estimate of drug-likeness (QED) is 0.273. The van der Waals surface area contributed by atoms with Gasteiger partial charge < -0.3 is 14.6 Å². The van der Waals surface area contributed by atoms with Crippen molar-refractivity contribution < 1.29 is 14.1 Å². The number of pyridine rings is 1. The van der Waals surface area contributed by atoms with Crippen molar-refractivity contribution in [1.29, 1.82) is 0 Å². The SMILES string of the molecule is CC(C)(C)c1cc(CC(=O)Cc2ccc(-c3cn4c(n3)sc3nc(OCCN5C[C@@H]6C[C@H]5CN6)ccc34)cc2)no1. The minimum atomic E-state index is -0.128. The molecule has 2 bridgehead atoms. The molecule has 41 heavy (non-hydrogen) atoms. The number of ketones is 1. The van der Waals surface area contributed by atoms with Crippen molar-refractivity contribution in [3.8, 4) is 17.1 Å². The van der Waals surface area contributed by atoms with Gasteiger partial charge in [-0.3, -0.25) is 14.1 Å².